The van der Waals surface area contributed by atoms with Crippen LogP contribution in [-0.2, 0) is 0 Å². The standard InChI is InChI=1S/C13H8BrClF3N/c14-9-5-11(17)8(4-12(9)18)13(19)7-2-1-6(15)3-10(7)16/h1-5,13H,19H2. The molecule has 0 spiro atoms. The predicted octanol–water partition coefficient (Wildman–Crippen LogP) is 4.57. The van der Waals surface area contributed by atoms with Gasteiger partial charge in [0.2, 0.25) is 0 Å². The van der Waals surface area contributed by atoms with Crippen molar-refractivity contribution in [3.63, 3.8) is 0 Å². The third kappa shape index (κ3) is 2.94. The van der Waals surface area contributed by atoms with Crippen molar-refractivity contribution in [1.82, 2.24) is 0 Å². The Hall–Kier alpha value is -1.04. The van der Waals surface area contributed by atoms with Crippen LogP contribution in [0.15, 0.2) is 34.8 Å². The van der Waals surface area contributed by atoms with E-state index in [0.717, 1.165) is 18.2 Å². The van der Waals surface area contributed by atoms with E-state index in [2.05, 4.69) is 15.9 Å². The van der Waals surface area contributed by atoms with Gasteiger partial charge in [0.1, 0.15) is 17.5 Å². The van der Waals surface area contributed by atoms with Gasteiger partial charge in [-0.1, -0.05) is 17.7 Å². The summed E-state index contributed by atoms with van der Waals surface area (Å²) in [6, 6.07) is 4.65. The highest BCUT2D eigenvalue weighted by molar-refractivity contribution is 9.10. The van der Waals surface area contributed by atoms with Crippen molar-refractivity contribution in [1.29, 1.82) is 0 Å². The zero-order valence-corrected chi connectivity index (χ0v) is 11.8. The van der Waals surface area contributed by atoms with Gasteiger partial charge in [0, 0.05) is 16.1 Å². The lowest BCUT2D eigenvalue weighted by molar-refractivity contribution is 0.559. The molecule has 2 rings (SSSR count). The molecule has 19 heavy (non-hydrogen) atoms. The molecule has 0 amide bonds. The Morgan fingerprint density at radius 3 is 2.21 bits per heavy atom. The lowest BCUT2D eigenvalue weighted by Crippen LogP contribution is -2.15. The van der Waals surface area contributed by atoms with E-state index in [-0.39, 0.29) is 20.6 Å². The molecular weight excluding hydrogens is 343 g/mol. The number of hydrogen-bond acceptors (Lipinski definition) is 1. The van der Waals surface area contributed by atoms with Crippen LogP contribution in [0.25, 0.3) is 0 Å². The van der Waals surface area contributed by atoms with Crippen molar-refractivity contribution >= 4 is 27.5 Å². The third-order valence-electron chi connectivity index (χ3n) is 2.67. The molecule has 6 heteroatoms. The summed E-state index contributed by atoms with van der Waals surface area (Å²) in [6.45, 7) is 0. The Morgan fingerprint density at radius 1 is 0.947 bits per heavy atom. The molecule has 0 radical (unpaired) electrons. The first-order valence-corrected chi connectivity index (χ1v) is 6.42. The van der Waals surface area contributed by atoms with Crippen molar-refractivity contribution in [3.05, 3.63) is 68.4 Å². The summed E-state index contributed by atoms with van der Waals surface area (Å²) in [6.07, 6.45) is 0. The molecule has 0 aliphatic heterocycles. The van der Waals surface area contributed by atoms with Crippen molar-refractivity contribution in [2.24, 2.45) is 5.73 Å². The van der Waals surface area contributed by atoms with Crippen LogP contribution in [-0.4, -0.2) is 0 Å². The molecule has 1 unspecified atom stereocenters. The Balaban J connectivity index is 2.49. The summed E-state index contributed by atoms with van der Waals surface area (Å²) >= 11 is 8.49. The average molecular weight is 351 g/mol. The monoisotopic (exact) mass is 349 g/mol. The lowest BCUT2D eigenvalue weighted by Gasteiger charge is -2.15. The van der Waals surface area contributed by atoms with Crippen LogP contribution in [0, 0.1) is 17.5 Å². The van der Waals surface area contributed by atoms with Gasteiger partial charge in [0.25, 0.3) is 0 Å². The van der Waals surface area contributed by atoms with E-state index in [9.17, 15) is 13.2 Å². The molecule has 100 valence electrons. The molecule has 1 atom stereocenters. The maximum absolute atomic E-state index is 13.8. The zero-order chi connectivity index (χ0) is 14.2. The Bertz CT molecular complexity index is 634. The summed E-state index contributed by atoms with van der Waals surface area (Å²) < 4.78 is 40.9. The molecule has 0 saturated heterocycles. The minimum atomic E-state index is -1.11. The summed E-state index contributed by atoms with van der Waals surface area (Å²) in [7, 11) is 0. The lowest BCUT2D eigenvalue weighted by atomic mass is 9.98. The second-order valence-electron chi connectivity index (χ2n) is 3.93. The first-order chi connectivity index (χ1) is 8.90. The predicted molar refractivity (Wildman–Crippen MR) is 71.5 cm³/mol. The Kier molecular flexibility index (Phi) is 4.18. The zero-order valence-electron chi connectivity index (χ0n) is 9.43. The fourth-order valence-corrected chi connectivity index (χ4v) is 2.17. The highest BCUT2D eigenvalue weighted by Crippen LogP contribution is 2.29. The second kappa shape index (κ2) is 5.53. The second-order valence-corrected chi connectivity index (χ2v) is 5.22. The minimum Gasteiger partial charge on any atom is -0.320 e. The maximum atomic E-state index is 13.8. The van der Waals surface area contributed by atoms with Crippen molar-refractivity contribution < 1.29 is 13.2 Å². The van der Waals surface area contributed by atoms with E-state index < -0.39 is 23.5 Å². The van der Waals surface area contributed by atoms with Crippen LogP contribution in [0.1, 0.15) is 17.2 Å². The molecule has 1 nitrogen and oxygen atoms in total. The molecule has 0 fully saturated rings. The highest BCUT2D eigenvalue weighted by Gasteiger charge is 2.19. The van der Waals surface area contributed by atoms with E-state index in [1.54, 1.807) is 0 Å². The minimum absolute atomic E-state index is 0.0162. The molecule has 0 heterocycles. The molecule has 2 aromatic rings. The fourth-order valence-electron chi connectivity index (χ4n) is 1.70. The van der Waals surface area contributed by atoms with E-state index in [1.165, 1.54) is 12.1 Å². The highest BCUT2D eigenvalue weighted by atomic mass is 79.9. The molecule has 0 bridgehead atoms. The fraction of sp³-hybridized carbons (Fsp3) is 0.0769. The van der Waals surface area contributed by atoms with Gasteiger partial charge in [-0.25, -0.2) is 13.2 Å². The van der Waals surface area contributed by atoms with Crippen molar-refractivity contribution in [3.8, 4) is 0 Å². The largest absolute Gasteiger partial charge is 0.320 e. The van der Waals surface area contributed by atoms with Gasteiger partial charge < -0.3 is 5.73 Å². The van der Waals surface area contributed by atoms with Crippen molar-refractivity contribution in [2.45, 2.75) is 6.04 Å². The van der Waals surface area contributed by atoms with E-state index in [1.807, 2.05) is 0 Å². The first-order valence-electron chi connectivity index (χ1n) is 5.25. The smallest absolute Gasteiger partial charge is 0.137 e. The van der Waals surface area contributed by atoms with E-state index >= 15 is 0 Å². The quantitative estimate of drug-likeness (QED) is 0.789. The average Bonchev–Trinajstić information content (AvgIpc) is 2.33. The third-order valence-corrected chi connectivity index (χ3v) is 3.52. The summed E-state index contributed by atoms with van der Waals surface area (Å²) in [4.78, 5) is 0. The van der Waals surface area contributed by atoms with E-state index in [0.29, 0.717) is 0 Å². The number of rotatable bonds is 2. The molecule has 2 aromatic carbocycles. The summed E-state index contributed by atoms with van der Waals surface area (Å²) in [5, 5.41) is 0.205. The molecular formula is C13H8BrClF3N. The molecule has 2 N–H and O–H groups in total. The van der Waals surface area contributed by atoms with Crippen LogP contribution in [0.4, 0.5) is 13.2 Å². The summed E-state index contributed by atoms with van der Waals surface area (Å²) in [5.41, 5.74) is 5.71. The van der Waals surface area contributed by atoms with Crippen molar-refractivity contribution in [2.75, 3.05) is 0 Å². The molecule has 0 aliphatic carbocycles. The van der Waals surface area contributed by atoms with E-state index in [4.69, 9.17) is 17.3 Å². The van der Waals surface area contributed by atoms with Gasteiger partial charge in [-0.2, -0.15) is 0 Å². The van der Waals surface area contributed by atoms with Gasteiger partial charge in [0.05, 0.1) is 10.5 Å². The van der Waals surface area contributed by atoms with Crippen LogP contribution in [0.3, 0.4) is 0 Å². The number of nitrogens with two attached hydrogens (primary N) is 1. The first kappa shape index (κ1) is 14.4. The SMILES string of the molecule is NC(c1ccc(Cl)cc1F)c1cc(F)c(Br)cc1F. The Labute approximate surface area is 121 Å². The maximum Gasteiger partial charge on any atom is 0.137 e. The number of benzene rings is 2. The topological polar surface area (TPSA) is 26.0 Å². The van der Waals surface area contributed by atoms with Gasteiger partial charge in [-0.05, 0) is 40.2 Å². The molecule has 0 aromatic heterocycles. The Morgan fingerprint density at radius 2 is 1.58 bits per heavy atom. The number of hydrogen-bond donors (Lipinski definition) is 1. The van der Waals surface area contributed by atoms with Gasteiger partial charge >= 0.3 is 0 Å². The van der Waals surface area contributed by atoms with Gasteiger partial charge in [0.15, 0.2) is 0 Å². The van der Waals surface area contributed by atoms with Crippen LogP contribution in [0.2, 0.25) is 5.02 Å². The normalized spacial score (nSPS) is 12.5. The summed E-state index contributed by atoms with van der Waals surface area (Å²) in [5.74, 6) is -2.04. The van der Waals surface area contributed by atoms with Crippen LogP contribution >= 0.6 is 27.5 Å². The molecule has 0 saturated carbocycles. The number of halogens is 5. The van der Waals surface area contributed by atoms with Gasteiger partial charge in [-0.3, -0.25) is 0 Å². The van der Waals surface area contributed by atoms with Crippen LogP contribution < -0.4 is 5.73 Å². The van der Waals surface area contributed by atoms with Gasteiger partial charge in [-0.15, -0.1) is 0 Å². The molecule has 0 aliphatic rings. The van der Waals surface area contributed by atoms with Crippen LogP contribution in [0.5, 0.6) is 0 Å².